The van der Waals surface area contributed by atoms with Gasteiger partial charge in [0.1, 0.15) is 0 Å². The van der Waals surface area contributed by atoms with Crippen LogP contribution in [0.2, 0.25) is 0 Å². The monoisotopic (exact) mass is 269 g/mol. The van der Waals surface area contributed by atoms with Gasteiger partial charge in [0.05, 0.1) is 6.61 Å². The molecule has 0 aliphatic carbocycles. The van der Waals surface area contributed by atoms with Crippen LogP contribution < -0.4 is 0 Å². The minimum atomic E-state index is 0.209. The van der Waals surface area contributed by atoms with Crippen molar-refractivity contribution in [3.05, 3.63) is 71.3 Å². The van der Waals surface area contributed by atoms with Crippen molar-refractivity contribution >= 4 is 0 Å². The third-order valence-electron chi connectivity index (χ3n) is 3.50. The first kappa shape index (κ1) is 14.8. The predicted molar refractivity (Wildman–Crippen MR) is 83.7 cm³/mol. The van der Waals surface area contributed by atoms with Crippen LogP contribution >= 0.6 is 0 Å². The van der Waals surface area contributed by atoms with E-state index in [9.17, 15) is 5.11 Å². The molecule has 0 spiro atoms. The number of aryl methyl sites for hydroxylation is 1. The molecular formula is C18H23NO. The fourth-order valence-corrected chi connectivity index (χ4v) is 2.29. The lowest BCUT2D eigenvalue weighted by atomic mass is 10.1. The Kier molecular flexibility index (Phi) is 5.78. The summed E-state index contributed by atoms with van der Waals surface area (Å²) in [5.74, 6) is 0. The van der Waals surface area contributed by atoms with E-state index in [-0.39, 0.29) is 6.61 Å². The molecule has 0 bridgehead atoms. The highest BCUT2D eigenvalue weighted by Gasteiger charge is 2.05. The van der Waals surface area contributed by atoms with Gasteiger partial charge in [0.15, 0.2) is 0 Å². The van der Waals surface area contributed by atoms with Gasteiger partial charge in [0, 0.05) is 19.6 Å². The molecule has 106 valence electrons. The Morgan fingerprint density at radius 1 is 0.850 bits per heavy atom. The molecule has 2 rings (SSSR count). The average molecular weight is 269 g/mol. The van der Waals surface area contributed by atoms with Crippen LogP contribution in [-0.4, -0.2) is 29.7 Å². The van der Waals surface area contributed by atoms with Gasteiger partial charge in [-0.05, 0) is 24.5 Å². The van der Waals surface area contributed by atoms with Gasteiger partial charge >= 0.3 is 0 Å². The Morgan fingerprint density at radius 3 is 2.20 bits per heavy atom. The molecule has 2 nitrogen and oxygen atoms in total. The molecule has 0 atom stereocenters. The molecule has 20 heavy (non-hydrogen) atoms. The van der Waals surface area contributed by atoms with Crippen molar-refractivity contribution in [1.29, 1.82) is 0 Å². The van der Waals surface area contributed by atoms with Gasteiger partial charge in [-0.25, -0.2) is 0 Å². The molecule has 0 unspecified atom stereocenters. The highest BCUT2D eigenvalue weighted by atomic mass is 16.3. The summed E-state index contributed by atoms with van der Waals surface area (Å²) in [6.07, 6.45) is 1.02. The summed E-state index contributed by atoms with van der Waals surface area (Å²) in [5, 5.41) is 9.21. The molecular weight excluding hydrogens is 246 g/mol. The van der Waals surface area contributed by atoms with E-state index in [4.69, 9.17) is 0 Å². The van der Waals surface area contributed by atoms with Crippen molar-refractivity contribution in [1.82, 2.24) is 4.90 Å². The van der Waals surface area contributed by atoms with Crippen LogP contribution in [0.4, 0.5) is 0 Å². The molecule has 2 aromatic carbocycles. The van der Waals surface area contributed by atoms with E-state index >= 15 is 0 Å². The fourth-order valence-electron chi connectivity index (χ4n) is 2.29. The maximum Gasteiger partial charge on any atom is 0.0558 e. The van der Waals surface area contributed by atoms with Gasteiger partial charge in [-0.3, -0.25) is 4.90 Å². The fraction of sp³-hybridized carbons (Fsp3) is 0.333. The van der Waals surface area contributed by atoms with Gasteiger partial charge in [-0.15, -0.1) is 0 Å². The first-order valence-electron chi connectivity index (χ1n) is 7.20. The van der Waals surface area contributed by atoms with Crippen molar-refractivity contribution in [2.75, 3.05) is 19.7 Å². The van der Waals surface area contributed by atoms with E-state index in [1.165, 1.54) is 16.7 Å². The smallest absolute Gasteiger partial charge is 0.0558 e. The second kappa shape index (κ2) is 7.83. The minimum Gasteiger partial charge on any atom is -0.395 e. The van der Waals surface area contributed by atoms with Crippen molar-refractivity contribution < 1.29 is 5.11 Å². The van der Waals surface area contributed by atoms with Crippen molar-refractivity contribution in [2.45, 2.75) is 19.9 Å². The van der Waals surface area contributed by atoms with Crippen LogP contribution in [0, 0.1) is 6.92 Å². The summed E-state index contributed by atoms with van der Waals surface area (Å²) in [5.41, 5.74) is 3.93. The molecule has 0 aliphatic heterocycles. The number of nitrogens with zero attached hydrogens (tertiary/aromatic N) is 1. The van der Waals surface area contributed by atoms with E-state index in [1.54, 1.807) is 0 Å². The molecule has 0 amide bonds. The topological polar surface area (TPSA) is 23.5 Å². The summed E-state index contributed by atoms with van der Waals surface area (Å²) >= 11 is 0. The van der Waals surface area contributed by atoms with Gasteiger partial charge in [0.25, 0.3) is 0 Å². The van der Waals surface area contributed by atoms with Crippen molar-refractivity contribution in [3.8, 4) is 0 Å². The quantitative estimate of drug-likeness (QED) is 0.835. The first-order valence-corrected chi connectivity index (χ1v) is 7.20. The molecule has 0 radical (unpaired) electrons. The molecule has 0 fully saturated rings. The number of rotatable bonds is 7. The molecule has 0 aromatic heterocycles. The van der Waals surface area contributed by atoms with Crippen LogP contribution in [0.25, 0.3) is 0 Å². The lowest BCUT2D eigenvalue weighted by molar-refractivity contribution is 0.191. The Labute approximate surface area is 121 Å². The summed E-state index contributed by atoms with van der Waals surface area (Å²) in [4.78, 5) is 2.30. The first-order chi connectivity index (χ1) is 9.78. The summed E-state index contributed by atoms with van der Waals surface area (Å²) in [6, 6.07) is 19.1. The molecule has 0 saturated heterocycles. The van der Waals surface area contributed by atoms with E-state index in [0.29, 0.717) is 0 Å². The van der Waals surface area contributed by atoms with E-state index < -0.39 is 0 Å². The third kappa shape index (κ3) is 4.80. The Balaban J connectivity index is 1.91. The largest absolute Gasteiger partial charge is 0.395 e. The van der Waals surface area contributed by atoms with Gasteiger partial charge in [0.2, 0.25) is 0 Å². The second-order valence-electron chi connectivity index (χ2n) is 5.22. The van der Waals surface area contributed by atoms with Gasteiger partial charge in [-0.2, -0.15) is 0 Å². The van der Waals surface area contributed by atoms with E-state index in [1.807, 2.05) is 6.07 Å². The lowest BCUT2D eigenvalue weighted by Gasteiger charge is -2.21. The minimum absolute atomic E-state index is 0.209. The number of benzene rings is 2. The Morgan fingerprint density at radius 2 is 1.55 bits per heavy atom. The zero-order chi connectivity index (χ0) is 14.2. The molecule has 2 aromatic rings. The van der Waals surface area contributed by atoms with Gasteiger partial charge < -0.3 is 5.11 Å². The van der Waals surface area contributed by atoms with Crippen LogP contribution in [0.1, 0.15) is 16.7 Å². The van der Waals surface area contributed by atoms with Crippen LogP contribution in [0.15, 0.2) is 54.6 Å². The molecule has 0 saturated carbocycles. The maximum absolute atomic E-state index is 9.21. The van der Waals surface area contributed by atoms with E-state index in [0.717, 1.165) is 26.1 Å². The number of aliphatic hydroxyl groups excluding tert-OH is 1. The standard InChI is InChI=1S/C18H23NO/c1-16-7-9-18(10-8-16)15-19(13-14-20)12-11-17-5-3-2-4-6-17/h2-10,20H,11-15H2,1H3. The average Bonchev–Trinajstić information content (AvgIpc) is 2.48. The van der Waals surface area contributed by atoms with Crippen molar-refractivity contribution in [2.24, 2.45) is 0 Å². The Bertz CT molecular complexity index is 493. The predicted octanol–water partition coefficient (Wildman–Crippen LogP) is 3.03. The molecule has 0 aliphatic rings. The van der Waals surface area contributed by atoms with Crippen LogP contribution in [0.3, 0.4) is 0 Å². The summed E-state index contributed by atoms with van der Waals surface area (Å²) in [7, 11) is 0. The molecule has 0 heterocycles. The Hall–Kier alpha value is -1.64. The van der Waals surface area contributed by atoms with E-state index in [2.05, 4.69) is 60.4 Å². The van der Waals surface area contributed by atoms with Crippen LogP contribution in [-0.2, 0) is 13.0 Å². The van der Waals surface area contributed by atoms with Gasteiger partial charge in [-0.1, -0.05) is 60.2 Å². The number of hydrogen-bond donors (Lipinski definition) is 1. The molecule has 1 N–H and O–H groups in total. The van der Waals surface area contributed by atoms with Crippen LogP contribution in [0.5, 0.6) is 0 Å². The highest BCUT2D eigenvalue weighted by Crippen LogP contribution is 2.08. The highest BCUT2D eigenvalue weighted by molar-refractivity contribution is 5.21. The third-order valence-corrected chi connectivity index (χ3v) is 3.50. The maximum atomic E-state index is 9.21. The molecule has 2 heteroatoms. The lowest BCUT2D eigenvalue weighted by Crippen LogP contribution is -2.28. The second-order valence-corrected chi connectivity index (χ2v) is 5.22. The SMILES string of the molecule is Cc1ccc(CN(CCO)CCc2ccccc2)cc1. The number of hydrogen-bond acceptors (Lipinski definition) is 2. The summed E-state index contributed by atoms with van der Waals surface area (Å²) in [6.45, 7) is 4.90. The summed E-state index contributed by atoms with van der Waals surface area (Å²) < 4.78 is 0. The zero-order valence-corrected chi connectivity index (χ0v) is 12.1. The normalized spacial score (nSPS) is 10.9. The zero-order valence-electron chi connectivity index (χ0n) is 12.1. The number of aliphatic hydroxyl groups is 1. The van der Waals surface area contributed by atoms with Crippen molar-refractivity contribution in [3.63, 3.8) is 0 Å².